The summed E-state index contributed by atoms with van der Waals surface area (Å²) in [5.74, 6) is -1.31. The van der Waals surface area contributed by atoms with Gasteiger partial charge in [-0.1, -0.05) is 35.9 Å². The van der Waals surface area contributed by atoms with E-state index >= 15 is 0 Å². The molecule has 19 heavy (non-hydrogen) atoms. The number of benzene rings is 1. The molecule has 0 bridgehead atoms. The zero-order valence-corrected chi connectivity index (χ0v) is 10.8. The third-order valence-corrected chi connectivity index (χ3v) is 2.58. The molecule has 0 saturated carbocycles. The lowest BCUT2D eigenvalue weighted by atomic mass is 10.1. The van der Waals surface area contributed by atoms with Crippen LogP contribution < -0.4 is 11.1 Å². The Balaban J connectivity index is 2.72. The highest BCUT2D eigenvalue weighted by Crippen LogP contribution is 2.13. The third kappa shape index (κ3) is 4.56. The number of amides is 2. The van der Waals surface area contributed by atoms with E-state index in [1.807, 2.05) is 0 Å². The first kappa shape index (κ1) is 14.9. The maximum atomic E-state index is 11.8. The van der Waals surface area contributed by atoms with E-state index in [0.717, 1.165) is 5.57 Å². The lowest BCUT2D eigenvalue weighted by molar-refractivity contribution is -0.133. The molecule has 1 rings (SSSR count). The molecule has 102 valence electrons. The lowest BCUT2D eigenvalue weighted by Gasteiger charge is -2.18. The summed E-state index contributed by atoms with van der Waals surface area (Å²) in [5.41, 5.74) is 6.37. The van der Waals surface area contributed by atoms with Gasteiger partial charge in [-0.3, -0.25) is 9.59 Å². The molecule has 0 aliphatic heterocycles. The van der Waals surface area contributed by atoms with Gasteiger partial charge in [0.2, 0.25) is 5.91 Å². The zero-order chi connectivity index (χ0) is 14.4. The number of hydrogen-bond acceptors (Lipinski definition) is 3. The van der Waals surface area contributed by atoms with Crippen molar-refractivity contribution in [1.29, 1.82) is 0 Å². The van der Waals surface area contributed by atoms with Crippen LogP contribution in [0.25, 0.3) is 0 Å². The fraction of sp³-hybridized carbons (Fsp3) is 0.286. The highest BCUT2D eigenvalue weighted by molar-refractivity contribution is 5.89. The molecule has 0 aliphatic rings. The fourth-order valence-electron chi connectivity index (χ4n) is 1.61. The van der Waals surface area contributed by atoms with Gasteiger partial charge in [-0.25, -0.2) is 0 Å². The second-order valence-electron chi connectivity index (χ2n) is 4.44. The van der Waals surface area contributed by atoms with Gasteiger partial charge in [0.05, 0.1) is 0 Å². The van der Waals surface area contributed by atoms with Crippen molar-refractivity contribution >= 4 is 11.8 Å². The van der Waals surface area contributed by atoms with Gasteiger partial charge in [0.25, 0.3) is 5.91 Å². The second kappa shape index (κ2) is 6.70. The van der Waals surface area contributed by atoms with E-state index in [1.54, 1.807) is 37.3 Å². The van der Waals surface area contributed by atoms with Crippen LogP contribution in [-0.4, -0.2) is 23.0 Å². The largest absolute Gasteiger partial charge is 0.378 e. The molecule has 4 N–H and O–H groups in total. The number of nitrogens with one attached hydrogen (secondary N) is 1. The van der Waals surface area contributed by atoms with Gasteiger partial charge in [-0.2, -0.15) is 0 Å². The van der Waals surface area contributed by atoms with Crippen LogP contribution in [0.1, 0.15) is 25.0 Å². The highest BCUT2D eigenvalue weighted by Gasteiger charge is 2.23. The average Bonchev–Trinajstić information content (AvgIpc) is 2.37. The van der Waals surface area contributed by atoms with Crippen LogP contribution >= 0.6 is 0 Å². The zero-order valence-electron chi connectivity index (χ0n) is 10.8. The van der Waals surface area contributed by atoms with E-state index in [4.69, 9.17) is 5.73 Å². The summed E-state index contributed by atoms with van der Waals surface area (Å²) in [6, 6.07) is 7.60. The first-order valence-corrected chi connectivity index (χ1v) is 5.89. The van der Waals surface area contributed by atoms with Crippen molar-refractivity contribution in [3.05, 3.63) is 48.0 Å². The van der Waals surface area contributed by atoms with E-state index in [0.29, 0.717) is 5.56 Å². The topological polar surface area (TPSA) is 92.4 Å². The molecule has 1 aromatic carbocycles. The second-order valence-corrected chi connectivity index (χ2v) is 4.44. The molecule has 2 amide bonds. The molecule has 0 aliphatic carbocycles. The summed E-state index contributed by atoms with van der Waals surface area (Å²) in [6.07, 6.45) is -1.07. The van der Waals surface area contributed by atoms with Gasteiger partial charge >= 0.3 is 0 Å². The Hall–Kier alpha value is -2.14. The van der Waals surface area contributed by atoms with Crippen LogP contribution in [0.15, 0.2) is 42.5 Å². The molecule has 0 aromatic heterocycles. The number of carbonyl (C=O) groups is 2. The summed E-state index contributed by atoms with van der Waals surface area (Å²) >= 11 is 0. The molecule has 0 spiro atoms. The lowest BCUT2D eigenvalue weighted by Crippen LogP contribution is -2.46. The molecular weight excluding hydrogens is 244 g/mol. The van der Waals surface area contributed by atoms with E-state index in [-0.39, 0.29) is 6.42 Å². The van der Waals surface area contributed by atoms with Gasteiger partial charge in [-0.05, 0) is 18.9 Å². The molecule has 0 unspecified atom stereocenters. The highest BCUT2D eigenvalue weighted by atomic mass is 16.3. The van der Waals surface area contributed by atoms with Crippen LogP contribution in [0.3, 0.4) is 0 Å². The number of hydrogen-bond donors (Lipinski definition) is 3. The van der Waals surface area contributed by atoms with Crippen molar-refractivity contribution in [2.24, 2.45) is 5.73 Å². The number of rotatable bonds is 6. The summed E-state index contributed by atoms with van der Waals surface area (Å²) in [5, 5.41) is 12.3. The summed E-state index contributed by atoms with van der Waals surface area (Å²) in [6.45, 7) is 5.40. The predicted molar refractivity (Wildman–Crippen MR) is 72.0 cm³/mol. The van der Waals surface area contributed by atoms with Crippen molar-refractivity contribution in [2.75, 3.05) is 0 Å². The van der Waals surface area contributed by atoms with E-state index < -0.39 is 24.0 Å². The van der Waals surface area contributed by atoms with Crippen molar-refractivity contribution in [3.63, 3.8) is 0 Å². The van der Waals surface area contributed by atoms with Crippen molar-refractivity contribution in [2.45, 2.75) is 25.5 Å². The molecule has 5 heteroatoms. The summed E-state index contributed by atoms with van der Waals surface area (Å²) in [4.78, 5) is 23.1. The van der Waals surface area contributed by atoms with Crippen LogP contribution in [0.2, 0.25) is 0 Å². The minimum absolute atomic E-state index is 0.253. The normalized spacial score (nSPS) is 13.4. The Morgan fingerprint density at radius 2 is 1.95 bits per heavy atom. The first-order valence-electron chi connectivity index (χ1n) is 5.89. The molecule has 0 fully saturated rings. The van der Waals surface area contributed by atoms with Crippen LogP contribution in [0, 0.1) is 0 Å². The third-order valence-electron chi connectivity index (χ3n) is 2.58. The molecule has 0 saturated heterocycles. The average molecular weight is 262 g/mol. The molecule has 0 radical (unpaired) electrons. The number of aliphatic hydroxyl groups excluding tert-OH is 1. The quantitative estimate of drug-likeness (QED) is 0.657. The minimum atomic E-state index is -1.33. The van der Waals surface area contributed by atoms with Crippen molar-refractivity contribution < 1.29 is 14.7 Å². The molecule has 2 atom stereocenters. The smallest absolute Gasteiger partial charge is 0.254 e. The maximum absolute atomic E-state index is 11.8. The first-order chi connectivity index (χ1) is 8.91. The SMILES string of the molecule is C=C(C)C[C@@H](NC(=O)[C@@H](O)c1ccccc1)C(N)=O. The molecule has 0 heterocycles. The van der Waals surface area contributed by atoms with Gasteiger partial charge < -0.3 is 16.2 Å². The number of primary amides is 1. The molecule has 1 aromatic rings. The molecular formula is C14H18N2O3. The number of aliphatic hydroxyl groups is 1. The predicted octanol–water partition coefficient (Wildman–Crippen LogP) is 0.656. The van der Waals surface area contributed by atoms with Crippen LogP contribution in [0.5, 0.6) is 0 Å². The maximum Gasteiger partial charge on any atom is 0.254 e. The standard InChI is InChI=1S/C14H18N2O3/c1-9(2)8-11(13(15)18)16-14(19)12(17)10-6-4-3-5-7-10/h3-7,11-12,17H,1,8H2,2H3,(H2,15,18)(H,16,19)/t11-,12+/m1/s1. The number of carbonyl (C=O) groups excluding carboxylic acids is 2. The van der Waals surface area contributed by atoms with Crippen molar-refractivity contribution in [1.82, 2.24) is 5.32 Å². The van der Waals surface area contributed by atoms with Crippen LogP contribution in [-0.2, 0) is 9.59 Å². The minimum Gasteiger partial charge on any atom is -0.378 e. The Kier molecular flexibility index (Phi) is 5.26. The monoisotopic (exact) mass is 262 g/mol. The van der Waals surface area contributed by atoms with E-state index in [1.165, 1.54) is 0 Å². The van der Waals surface area contributed by atoms with Crippen molar-refractivity contribution in [3.8, 4) is 0 Å². The Labute approximate surface area is 112 Å². The van der Waals surface area contributed by atoms with Gasteiger partial charge in [-0.15, -0.1) is 6.58 Å². The summed E-state index contributed by atoms with van der Waals surface area (Å²) < 4.78 is 0. The van der Waals surface area contributed by atoms with E-state index in [2.05, 4.69) is 11.9 Å². The van der Waals surface area contributed by atoms with Crippen LogP contribution in [0.4, 0.5) is 0 Å². The number of nitrogens with two attached hydrogens (primary N) is 1. The fourth-order valence-corrected chi connectivity index (χ4v) is 1.61. The van der Waals surface area contributed by atoms with Gasteiger partial charge in [0.15, 0.2) is 6.10 Å². The Morgan fingerprint density at radius 3 is 2.42 bits per heavy atom. The summed E-state index contributed by atoms with van der Waals surface area (Å²) in [7, 11) is 0. The molecule has 5 nitrogen and oxygen atoms in total. The van der Waals surface area contributed by atoms with Gasteiger partial charge in [0.1, 0.15) is 6.04 Å². The Morgan fingerprint density at radius 1 is 1.37 bits per heavy atom. The Bertz CT molecular complexity index is 471. The van der Waals surface area contributed by atoms with E-state index in [9.17, 15) is 14.7 Å². The van der Waals surface area contributed by atoms with Gasteiger partial charge in [0, 0.05) is 0 Å².